The highest BCUT2D eigenvalue weighted by Gasteiger charge is 2.25. The molecule has 2 heterocycles. The van der Waals surface area contributed by atoms with Gasteiger partial charge < -0.3 is 19.4 Å². The van der Waals surface area contributed by atoms with Gasteiger partial charge in [-0.05, 0) is 38.0 Å². The first kappa shape index (κ1) is 15.6. The maximum atomic E-state index is 12.5. The van der Waals surface area contributed by atoms with Gasteiger partial charge in [-0.3, -0.25) is 4.79 Å². The largest absolute Gasteiger partial charge is 0.496 e. The molecular formula is C18H22N2O3. The average molecular weight is 314 g/mol. The average Bonchev–Trinajstić information content (AvgIpc) is 2.71. The monoisotopic (exact) mass is 314 g/mol. The lowest BCUT2D eigenvalue weighted by molar-refractivity contribution is -0.133. The summed E-state index contributed by atoms with van der Waals surface area (Å²) in [6.45, 7) is 4.79. The fourth-order valence-corrected chi connectivity index (χ4v) is 3.37. The molecule has 0 radical (unpaired) electrons. The van der Waals surface area contributed by atoms with Crippen molar-refractivity contribution >= 4 is 22.6 Å². The van der Waals surface area contributed by atoms with Crippen LogP contribution in [0.25, 0.3) is 10.9 Å². The maximum Gasteiger partial charge on any atom is 0.223 e. The Kier molecular flexibility index (Phi) is 4.11. The summed E-state index contributed by atoms with van der Waals surface area (Å²) in [5.41, 5.74) is 4.55. The zero-order chi connectivity index (χ0) is 16.6. The highest BCUT2D eigenvalue weighted by molar-refractivity contribution is 5.91. The minimum Gasteiger partial charge on any atom is -0.496 e. The van der Waals surface area contributed by atoms with E-state index >= 15 is 0 Å². The van der Waals surface area contributed by atoms with Gasteiger partial charge in [0.2, 0.25) is 5.91 Å². The van der Waals surface area contributed by atoms with Gasteiger partial charge in [0.25, 0.3) is 0 Å². The molecule has 0 fully saturated rings. The van der Waals surface area contributed by atoms with E-state index < -0.39 is 0 Å². The molecule has 1 N–H and O–H groups in total. The summed E-state index contributed by atoms with van der Waals surface area (Å²) in [5.74, 6) is 0.894. The van der Waals surface area contributed by atoms with E-state index in [2.05, 4.69) is 11.9 Å². The number of benzene rings is 1. The van der Waals surface area contributed by atoms with Crippen LogP contribution >= 0.6 is 0 Å². The van der Waals surface area contributed by atoms with Crippen LogP contribution in [0.3, 0.4) is 0 Å². The predicted octanol–water partition coefficient (Wildman–Crippen LogP) is 2.74. The maximum absolute atomic E-state index is 12.5. The van der Waals surface area contributed by atoms with Crippen LogP contribution in [0, 0.1) is 6.92 Å². The molecule has 1 aliphatic rings. The van der Waals surface area contributed by atoms with Gasteiger partial charge in [0, 0.05) is 48.1 Å². The Morgan fingerprint density at radius 3 is 2.74 bits per heavy atom. The van der Waals surface area contributed by atoms with Crippen molar-refractivity contribution < 1.29 is 14.3 Å². The van der Waals surface area contributed by atoms with Gasteiger partial charge in [0.1, 0.15) is 11.5 Å². The van der Waals surface area contributed by atoms with Crippen molar-refractivity contribution in [3.63, 3.8) is 0 Å². The summed E-state index contributed by atoms with van der Waals surface area (Å²) < 4.78 is 5.52. The third kappa shape index (κ3) is 2.83. The Morgan fingerprint density at radius 2 is 2.04 bits per heavy atom. The molecule has 1 aromatic heterocycles. The second-order valence-electron chi connectivity index (χ2n) is 6.16. The Morgan fingerprint density at radius 1 is 1.26 bits per heavy atom. The summed E-state index contributed by atoms with van der Waals surface area (Å²) >= 11 is 0. The number of ether oxygens (including phenoxy) is 1. The Labute approximate surface area is 135 Å². The van der Waals surface area contributed by atoms with Crippen LogP contribution in [-0.2, 0) is 22.6 Å². The lowest BCUT2D eigenvalue weighted by Crippen LogP contribution is -2.31. The molecule has 0 saturated heterocycles. The Bertz CT molecular complexity index is 776. The molecule has 0 unspecified atom stereocenters. The molecule has 122 valence electrons. The SMILES string of the molecule is COc1ccc2[nH]c(C)c3c2c1CN(C(=O)CCC(C)=O)CC3. The van der Waals surface area contributed by atoms with Crippen molar-refractivity contribution in [2.24, 2.45) is 0 Å². The minimum absolute atomic E-state index is 0.0334. The number of amides is 1. The number of nitrogens with one attached hydrogen (secondary N) is 1. The molecule has 5 nitrogen and oxygen atoms in total. The first-order valence-corrected chi connectivity index (χ1v) is 7.95. The zero-order valence-electron chi connectivity index (χ0n) is 13.9. The number of carbonyl (C=O) groups is 2. The fourth-order valence-electron chi connectivity index (χ4n) is 3.37. The number of carbonyl (C=O) groups excluding carboxylic acids is 2. The van der Waals surface area contributed by atoms with Gasteiger partial charge in [0.05, 0.1) is 7.11 Å². The number of rotatable bonds is 4. The van der Waals surface area contributed by atoms with Crippen LogP contribution < -0.4 is 4.74 Å². The van der Waals surface area contributed by atoms with Crippen molar-refractivity contribution in [1.82, 2.24) is 9.88 Å². The lowest BCUT2D eigenvalue weighted by atomic mass is 10.0. The topological polar surface area (TPSA) is 62.4 Å². The van der Waals surface area contributed by atoms with Crippen LogP contribution in [0.1, 0.15) is 36.6 Å². The first-order chi connectivity index (χ1) is 11.0. The summed E-state index contributed by atoms with van der Waals surface area (Å²) in [6.07, 6.45) is 1.41. The molecule has 0 aliphatic carbocycles. The first-order valence-electron chi connectivity index (χ1n) is 7.95. The van der Waals surface area contributed by atoms with E-state index in [1.54, 1.807) is 7.11 Å². The highest BCUT2D eigenvalue weighted by Crippen LogP contribution is 2.35. The van der Waals surface area contributed by atoms with Crippen LogP contribution in [0.15, 0.2) is 12.1 Å². The van der Waals surface area contributed by atoms with E-state index in [-0.39, 0.29) is 18.1 Å². The third-order valence-corrected chi connectivity index (χ3v) is 4.59. The van der Waals surface area contributed by atoms with E-state index in [1.807, 2.05) is 17.0 Å². The lowest BCUT2D eigenvalue weighted by Gasteiger charge is -2.22. The number of ketones is 1. The van der Waals surface area contributed by atoms with Gasteiger partial charge in [-0.15, -0.1) is 0 Å². The number of nitrogens with zero attached hydrogens (tertiary/aromatic N) is 1. The number of methoxy groups -OCH3 is 1. The van der Waals surface area contributed by atoms with Crippen LogP contribution in [0.5, 0.6) is 5.75 Å². The zero-order valence-corrected chi connectivity index (χ0v) is 13.9. The van der Waals surface area contributed by atoms with Crippen LogP contribution in [0.2, 0.25) is 0 Å². The Hall–Kier alpha value is -2.30. The number of aromatic nitrogens is 1. The molecule has 1 aliphatic heterocycles. The molecule has 1 amide bonds. The van der Waals surface area contributed by atoms with Crippen LogP contribution in [-0.4, -0.2) is 35.2 Å². The second-order valence-corrected chi connectivity index (χ2v) is 6.16. The molecule has 0 bridgehead atoms. The Balaban J connectivity index is 1.98. The van der Waals surface area contributed by atoms with Crippen molar-refractivity contribution in [1.29, 1.82) is 0 Å². The fraction of sp³-hybridized carbons (Fsp3) is 0.444. The minimum atomic E-state index is 0.0334. The van der Waals surface area contributed by atoms with Crippen LogP contribution in [0.4, 0.5) is 0 Å². The summed E-state index contributed by atoms with van der Waals surface area (Å²) in [6, 6.07) is 3.97. The number of hydrogen-bond acceptors (Lipinski definition) is 3. The number of aryl methyl sites for hydroxylation is 1. The number of Topliss-reactive ketones (excluding diaryl/α,β-unsaturated/α-hetero) is 1. The molecule has 23 heavy (non-hydrogen) atoms. The summed E-state index contributed by atoms with van der Waals surface area (Å²) in [7, 11) is 1.66. The molecule has 0 spiro atoms. The van der Waals surface area contributed by atoms with Crippen molar-refractivity contribution in [3.05, 3.63) is 29.0 Å². The van der Waals surface area contributed by atoms with Gasteiger partial charge in [-0.25, -0.2) is 0 Å². The molecule has 3 rings (SSSR count). The van der Waals surface area contributed by atoms with E-state index in [4.69, 9.17) is 4.74 Å². The molecule has 0 atom stereocenters. The molecular weight excluding hydrogens is 292 g/mol. The standard InChI is InChI=1S/C18H22N2O3/c1-11(21)4-7-17(22)20-9-8-13-12(2)19-15-5-6-16(23-3)14(10-20)18(13)15/h5-6,19H,4,7-10H2,1-3H3. The highest BCUT2D eigenvalue weighted by atomic mass is 16.5. The smallest absolute Gasteiger partial charge is 0.223 e. The predicted molar refractivity (Wildman–Crippen MR) is 88.6 cm³/mol. The summed E-state index contributed by atoms with van der Waals surface area (Å²) in [4.78, 5) is 28.9. The van der Waals surface area contributed by atoms with Gasteiger partial charge in [-0.2, -0.15) is 0 Å². The molecule has 0 saturated carbocycles. The van der Waals surface area contributed by atoms with E-state index in [1.165, 1.54) is 17.9 Å². The van der Waals surface area contributed by atoms with Crippen molar-refractivity contribution in [3.8, 4) is 5.75 Å². The van der Waals surface area contributed by atoms with Gasteiger partial charge >= 0.3 is 0 Å². The summed E-state index contributed by atoms with van der Waals surface area (Å²) in [5, 5.41) is 1.18. The second kappa shape index (κ2) is 6.07. The van der Waals surface area contributed by atoms with E-state index in [0.29, 0.717) is 19.5 Å². The van der Waals surface area contributed by atoms with E-state index in [9.17, 15) is 9.59 Å². The van der Waals surface area contributed by atoms with E-state index in [0.717, 1.165) is 28.9 Å². The molecule has 2 aromatic rings. The number of H-pyrrole nitrogens is 1. The van der Waals surface area contributed by atoms with Gasteiger partial charge in [0.15, 0.2) is 0 Å². The number of hydrogen-bond donors (Lipinski definition) is 1. The normalized spacial score (nSPS) is 14.0. The van der Waals surface area contributed by atoms with Gasteiger partial charge in [-0.1, -0.05) is 0 Å². The molecule has 5 heteroatoms. The molecule has 1 aromatic carbocycles. The third-order valence-electron chi connectivity index (χ3n) is 4.59. The quantitative estimate of drug-likeness (QED) is 0.944. The van der Waals surface area contributed by atoms with Crippen molar-refractivity contribution in [2.75, 3.05) is 13.7 Å². The number of aromatic amines is 1. The van der Waals surface area contributed by atoms with Crippen molar-refractivity contribution in [2.45, 2.75) is 39.7 Å².